The van der Waals surface area contributed by atoms with Gasteiger partial charge >= 0.3 is 5.63 Å². The zero-order valence-corrected chi connectivity index (χ0v) is 17.3. The molecule has 0 spiro atoms. The molecule has 5 rings (SSSR count). The first kappa shape index (κ1) is 18.2. The van der Waals surface area contributed by atoms with E-state index in [0.29, 0.717) is 29.0 Å². The smallest absolute Gasteiger partial charge is 0.339 e. The van der Waals surface area contributed by atoms with E-state index in [-0.39, 0.29) is 11.4 Å². The average molecular weight is 382 g/mol. The second-order valence-electron chi connectivity index (χ2n) is 10.6. The third-order valence-corrected chi connectivity index (χ3v) is 7.35. The van der Waals surface area contributed by atoms with E-state index in [9.17, 15) is 9.90 Å². The van der Waals surface area contributed by atoms with Crippen LogP contribution in [0, 0.1) is 10.8 Å². The summed E-state index contributed by atoms with van der Waals surface area (Å²) in [4.78, 5) is 15.2. The summed E-state index contributed by atoms with van der Waals surface area (Å²) in [7, 11) is 0. The molecule has 2 bridgehead atoms. The van der Waals surface area contributed by atoms with E-state index in [1.54, 1.807) is 6.07 Å². The second kappa shape index (κ2) is 6.09. The van der Waals surface area contributed by atoms with Crippen LogP contribution in [0.2, 0.25) is 0 Å². The molecule has 3 aliphatic rings. The van der Waals surface area contributed by atoms with Crippen molar-refractivity contribution in [3.8, 4) is 5.75 Å². The first-order valence-corrected chi connectivity index (χ1v) is 10.8. The lowest BCUT2D eigenvalue weighted by Gasteiger charge is -2.40. The highest BCUT2D eigenvalue weighted by Crippen LogP contribution is 2.53. The SMILES string of the molecule is CC1(C)CC2CC(C)(CN2Cc2c(O)ccc3c4c(c(=O)oc23)CCCC4)C1. The van der Waals surface area contributed by atoms with Crippen LogP contribution in [0.15, 0.2) is 21.3 Å². The maximum Gasteiger partial charge on any atom is 0.339 e. The molecule has 150 valence electrons. The van der Waals surface area contributed by atoms with E-state index in [0.717, 1.165) is 54.3 Å². The predicted molar refractivity (Wildman–Crippen MR) is 111 cm³/mol. The fourth-order valence-corrected chi connectivity index (χ4v) is 6.67. The molecule has 1 N–H and O–H groups in total. The van der Waals surface area contributed by atoms with Gasteiger partial charge in [0.15, 0.2) is 0 Å². The number of benzene rings is 1. The van der Waals surface area contributed by atoms with Gasteiger partial charge in [-0.1, -0.05) is 20.8 Å². The van der Waals surface area contributed by atoms with Gasteiger partial charge in [-0.15, -0.1) is 0 Å². The zero-order chi connectivity index (χ0) is 19.7. The fraction of sp³-hybridized carbons (Fsp3) is 0.625. The average Bonchev–Trinajstić information content (AvgIpc) is 2.86. The van der Waals surface area contributed by atoms with E-state index < -0.39 is 0 Å². The summed E-state index contributed by atoms with van der Waals surface area (Å²) >= 11 is 0. The van der Waals surface area contributed by atoms with Gasteiger partial charge in [0.2, 0.25) is 0 Å². The van der Waals surface area contributed by atoms with Crippen molar-refractivity contribution < 1.29 is 9.52 Å². The van der Waals surface area contributed by atoms with Gasteiger partial charge in [0.25, 0.3) is 0 Å². The molecule has 2 aromatic rings. The molecule has 2 atom stereocenters. The molecule has 2 fully saturated rings. The number of nitrogens with zero attached hydrogens (tertiary/aromatic N) is 1. The van der Waals surface area contributed by atoms with E-state index in [1.165, 1.54) is 19.3 Å². The third kappa shape index (κ3) is 2.88. The molecule has 1 aromatic heterocycles. The van der Waals surface area contributed by atoms with E-state index in [4.69, 9.17) is 4.42 Å². The standard InChI is InChI=1S/C24H31NO3/c1-23(2)10-15-11-24(3,13-23)14-25(15)12-19-20(26)9-8-17-16-6-4-5-7-18(16)22(27)28-21(17)19/h8-9,15,26H,4-7,10-14H2,1-3H3. The third-order valence-electron chi connectivity index (χ3n) is 7.35. The maximum atomic E-state index is 12.6. The van der Waals surface area contributed by atoms with Gasteiger partial charge in [0, 0.05) is 30.1 Å². The van der Waals surface area contributed by atoms with Crippen LogP contribution in [0.1, 0.15) is 69.6 Å². The van der Waals surface area contributed by atoms with Crippen LogP contribution in [0.3, 0.4) is 0 Å². The number of fused-ring (bicyclic) bond motifs is 5. The molecule has 28 heavy (non-hydrogen) atoms. The van der Waals surface area contributed by atoms with Crippen molar-refractivity contribution in [3.63, 3.8) is 0 Å². The highest BCUT2D eigenvalue weighted by atomic mass is 16.4. The van der Waals surface area contributed by atoms with Crippen LogP contribution < -0.4 is 5.63 Å². The Kier molecular flexibility index (Phi) is 3.97. The minimum atomic E-state index is -0.206. The summed E-state index contributed by atoms with van der Waals surface area (Å²) in [6, 6.07) is 4.27. The number of likely N-dealkylation sites (tertiary alicyclic amines) is 1. The largest absolute Gasteiger partial charge is 0.507 e. The zero-order valence-electron chi connectivity index (χ0n) is 17.3. The molecule has 2 heterocycles. The minimum absolute atomic E-state index is 0.206. The van der Waals surface area contributed by atoms with Crippen LogP contribution in [0.4, 0.5) is 0 Å². The topological polar surface area (TPSA) is 53.7 Å². The predicted octanol–water partition coefficient (Wildman–Crippen LogP) is 4.78. The van der Waals surface area contributed by atoms with Gasteiger partial charge in [0.05, 0.1) is 5.56 Å². The van der Waals surface area contributed by atoms with E-state index >= 15 is 0 Å². The molecule has 4 nitrogen and oxygen atoms in total. The lowest BCUT2D eigenvalue weighted by atomic mass is 9.65. The summed E-state index contributed by atoms with van der Waals surface area (Å²) in [6.45, 7) is 8.86. The summed E-state index contributed by atoms with van der Waals surface area (Å²) in [5, 5.41) is 11.7. The van der Waals surface area contributed by atoms with Gasteiger partial charge in [-0.3, -0.25) is 4.90 Å². The molecule has 4 heteroatoms. The van der Waals surface area contributed by atoms with Crippen molar-refractivity contribution in [1.82, 2.24) is 4.90 Å². The number of hydrogen-bond acceptors (Lipinski definition) is 4. The normalized spacial score (nSPS) is 29.2. The molecular formula is C24H31NO3. The first-order chi connectivity index (χ1) is 13.2. The monoisotopic (exact) mass is 381 g/mol. The lowest BCUT2D eigenvalue weighted by Crippen LogP contribution is -2.34. The van der Waals surface area contributed by atoms with Crippen molar-refractivity contribution in [1.29, 1.82) is 0 Å². The van der Waals surface area contributed by atoms with Crippen molar-refractivity contribution in [2.75, 3.05) is 6.54 Å². The van der Waals surface area contributed by atoms with Crippen molar-refractivity contribution >= 4 is 11.0 Å². The second-order valence-corrected chi connectivity index (χ2v) is 10.6. The molecule has 2 unspecified atom stereocenters. The van der Waals surface area contributed by atoms with Crippen LogP contribution in [0.5, 0.6) is 5.75 Å². The quantitative estimate of drug-likeness (QED) is 0.761. The lowest BCUT2D eigenvalue weighted by molar-refractivity contribution is 0.126. The van der Waals surface area contributed by atoms with Crippen LogP contribution in [0.25, 0.3) is 11.0 Å². The summed E-state index contributed by atoms with van der Waals surface area (Å²) < 4.78 is 5.82. The summed E-state index contributed by atoms with van der Waals surface area (Å²) in [5.74, 6) is 0.247. The molecule has 1 aromatic carbocycles. The Morgan fingerprint density at radius 2 is 1.89 bits per heavy atom. The first-order valence-electron chi connectivity index (χ1n) is 10.8. The van der Waals surface area contributed by atoms with Crippen molar-refractivity contribution in [2.24, 2.45) is 10.8 Å². The highest BCUT2D eigenvalue weighted by Gasteiger charge is 2.49. The van der Waals surface area contributed by atoms with Crippen LogP contribution in [-0.2, 0) is 19.4 Å². The number of phenols is 1. The van der Waals surface area contributed by atoms with E-state index in [1.807, 2.05) is 6.07 Å². The minimum Gasteiger partial charge on any atom is -0.507 e. The molecule has 0 radical (unpaired) electrons. The summed E-state index contributed by atoms with van der Waals surface area (Å²) in [5.41, 5.74) is 3.88. The van der Waals surface area contributed by atoms with Gasteiger partial charge < -0.3 is 9.52 Å². The molecule has 0 amide bonds. The Bertz CT molecular complexity index is 1010. The number of phenolic OH excluding ortho intramolecular Hbond substituents is 1. The maximum absolute atomic E-state index is 12.6. The Hall–Kier alpha value is -1.81. The van der Waals surface area contributed by atoms with Gasteiger partial charge in [-0.2, -0.15) is 0 Å². The van der Waals surface area contributed by atoms with Gasteiger partial charge in [-0.05, 0) is 73.5 Å². The van der Waals surface area contributed by atoms with Crippen LogP contribution in [-0.4, -0.2) is 22.6 Å². The highest BCUT2D eigenvalue weighted by molar-refractivity contribution is 5.86. The number of aromatic hydroxyl groups is 1. The van der Waals surface area contributed by atoms with Crippen molar-refractivity contribution in [2.45, 2.75) is 78.3 Å². The summed E-state index contributed by atoms with van der Waals surface area (Å²) in [6.07, 6.45) is 7.57. The van der Waals surface area contributed by atoms with Crippen LogP contribution >= 0.6 is 0 Å². The van der Waals surface area contributed by atoms with Gasteiger partial charge in [-0.25, -0.2) is 4.79 Å². The molecule has 1 saturated carbocycles. The van der Waals surface area contributed by atoms with E-state index in [2.05, 4.69) is 25.7 Å². The molecule has 1 saturated heterocycles. The Morgan fingerprint density at radius 1 is 1.14 bits per heavy atom. The Balaban J connectivity index is 1.57. The Morgan fingerprint density at radius 3 is 2.68 bits per heavy atom. The number of aryl methyl sites for hydroxylation is 1. The van der Waals surface area contributed by atoms with Crippen molar-refractivity contribution in [3.05, 3.63) is 39.2 Å². The molecule has 1 aliphatic heterocycles. The fourth-order valence-electron chi connectivity index (χ4n) is 6.67. The Labute approximate surface area is 166 Å². The molecule has 2 aliphatic carbocycles. The number of rotatable bonds is 2. The number of hydrogen-bond donors (Lipinski definition) is 1. The van der Waals surface area contributed by atoms with Gasteiger partial charge in [0.1, 0.15) is 11.3 Å². The molecular weight excluding hydrogens is 350 g/mol.